The van der Waals surface area contributed by atoms with Crippen molar-refractivity contribution in [2.24, 2.45) is 0 Å². The molecule has 5 nitrogen and oxygen atoms in total. The molecule has 2 N–H and O–H groups in total. The zero-order chi connectivity index (χ0) is 23.1. The first-order valence-corrected chi connectivity index (χ1v) is 11.5. The molecule has 32 heavy (non-hydrogen) atoms. The number of rotatable bonds is 6. The van der Waals surface area contributed by atoms with Crippen molar-refractivity contribution in [2.45, 2.75) is 59.0 Å². The van der Waals surface area contributed by atoms with Crippen LogP contribution in [0.15, 0.2) is 48.5 Å². The van der Waals surface area contributed by atoms with Crippen LogP contribution < -0.4 is 10.6 Å². The molecule has 0 aromatic heterocycles. The van der Waals surface area contributed by atoms with Gasteiger partial charge in [0.25, 0.3) is 5.91 Å². The summed E-state index contributed by atoms with van der Waals surface area (Å²) in [7, 11) is 0. The second kappa shape index (κ2) is 10.5. The third kappa shape index (κ3) is 6.22. The van der Waals surface area contributed by atoms with Crippen molar-refractivity contribution in [2.75, 3.05) is 13.1 Å². The van der Waals surface area contributed by atoms with Gasteiger partial charge >= 0.3 is 6.09 Å². The second-order valence-corrected chi connectivity index (χ2v) is 9.12. The minimum Gasteiger partial charge on any atom is -0.444 e. The Balaban J connectivity index is 1.72. The van der Waals surface area contributed by atoms with Gasteiger partial charge in [0.05, 0.1) is 0 Å². The van der Waals surface area contributed by atoms with E-state index in [9.17, 15) is 9.59 Å². The van der Waals surface area contributed by atoms with E-state index < -0.39 is 11.7 Å². The standard InChI is InChI=1S/C27H34N2O3/c1-5-6-10-23-22-11-8-7-9-19(22)12-13-20-14-15-21(18-24(20)23)25(30)28-16-17-29-26(31)32-27(2,3)4/h7-11,14-15,18H,5-6,12-13,16-17H2,1-4H3,(H,28,30)(H,29,31). The lowest BCUT2D eigenvalue weighted by atomic mass is 9.91. The molecule has 1 aliphatic rings. The minimum absolute atomic E-state index is 0.147. The van der Waals surface area contributed by atoms with Crippen LogP contribution in [0.5, 0.6) is 0 Å². The summed E-state index contributed by atoms with van der Waals surface area (Å²) in [5, 5.41) is 5.55. The summed E-state index contributed by atoms with van der Waals surface area (Å²) in [5.74, 6) is -0.147. The molecule has 0 aliphatic heterocycles. The molecule has 0 heterocycles. The number of amides is 2. The predicted octanol–water partition coefficient (Wildman–Crippen LogP) is 5.27. The maximum atomic E-state index is 12.8. The second-order valence-electron chi connectivity index (χ2n) is 9.12. The van der Waals surface area contributed by atoms with Gasteiger partial charge in [0.2, 0.25) is 0 Å². The lowest BCUT2D eigenvalue weighted by Gasteiger charge is -2.19. The molecule has 0 atom stereocenters. The number of carbonyl (C=O) groups excluding carboxylic acids is 2. The smallest absolute Gasteiger partial charge is 0.407 e. The van der Waals surface area contributed by atoms with E-state index in [1.54, 1.807) is 0 Å². The van der Waals surface area contributed by atoms with Gasteiger partial charge in [-0.1, -0.05) is 49.8 Å². The van der Waals surface area contributed by atoms with Gasteiger partial charge in [0, 0.05) is 18.7 Å². The van der Waals surface area contributed by atoms with E-state index in [0.29, 0.717) is 18.7 Å². The number of unbranched alkanes of at least 4 members (excludes halogenated alkanes) is 1. The van der Waals surface area contributed by atoms with Gasteiger partial charge in [-0.3, -0.25) is 4.79 Å². The molecule has 0 bridgehead atoms. The lowest BCUT2D eigenvalue weighted by molar-refractivity contribution is 0.0526. The van der Waals surface area contributed by atoms with Crippen molar-refractivity contribution < 1.29 is 14.3 Å². The van der Waals surface area contributed by atoms with Gasteiger partial charge in [-0.25, -0.2) is 4.79 Å². The topological polar surface area (TPSA) is 67.4 Å². The number of hydrogen-bond donors (Lipinski definition) is 2. The molecular weight excluding hydrogens is 400 g/mol. The van der Waals surface area contributed by atoms with E-state index >= 15 is 0 Å². The highest BCUT2D eigenvalue weighted by atomic mass is 16.6. The van der Waals surface area contributed by atoms with Gasteiger partial charge in [0.15, 0.2) is 0 Å². The summed E-state index contributed by atoms with van der Waals surface area (Å²) in [6.07, 6.45) is 5.84. The normalized spacial score (nSPS) is 14.2. The van der Waals surface area contributed by atoms with E-state index in [1.165, 1.54) is 22.3 Å². The summed E-state index contributed by atoms with van der Waals surface area (Å²) >= 11 is 0. The van der Waals surface area contributed by atoms with Crippen LogP contribution in [0.25, 0.3) is 5.57 Å². The van der Waals surface area contributed by atoms with Crippen LogP contribution in [0, 0.1) is 0 Å². The van der Waals surface area contributed by atoms with Crippen molar-refractivity contribution in [3.8, 4) is 0 Å². The Kier molecular flexibility index (Phi) is 7.73. The van der Waals surface area contributed by atoms with Crippen molar-refractivity contribution in [1.82, 2.24) is 10.6 Å². The highest BCUT2D eigenvalue weighted by molar-refractivity contribution is 5.96. The summed E-state index contributed by atoms with van der Waals surface area (Å²) < 4.78 is 5.21. The summed E-state index contributed by atoms with van der Waals surface area (Å²) in [5.41, 5.74) is 6.33. The zero-order valence-corrected chi connectivity index (χ0v) is 19.6. The zero-order valence-electron chi connectivity index (χ0n) is 19.6. The predicted molar refractivity (Wildman–Crippen MR) is 129 cm³/mol. The van der Waals surface area contributed by atoms with Gasteiger partial charge in [-0.05, 0) is 80.0 Å². The maximum absolute atomic E-state index is 12.8. The monoisotopic (exact) mass is 434 g/mol. The molecule has 0 radical (unpaired) electrons. The quantitative estimate of drug-likeness (QED) is 0.609. The molecule has 1 aliphatic carbocycles. The number of allylic oxidation sites excluding steroid dienone is 1. The molecule has 0 fully saturated rings. The summed E-state index contributed by atoms with van der Waals surface area (Å²) in [4.78, 5) is 24.5. The molecule has 0 saturated carbocycles. The SMILES string of the molecule is CCCC=C1c2ccccc2CCc2ccc(C(=O)NCCNC(=O)OC(C)(C)C)cc21. The first kappa shape index (κ1) is 23.6. The van der Waals surface area contributed by atoms with E-state index in [-0.39, 0.29) is 5.91 Å². The number of fused-ring (bicyclic) bond motifs is 2. The number of nitrogens with one attached hydrogen (secondary N) is 2. The number of aryl methyl sites for hydroxylation is 2. The molecule has 2 aromatic rings. The molecule has 0 unspecified atom stereocenters. The van der Waals surface area contributed by atoms with Gasteiger partial charge in [-0.2, -0.15) is 0 Å². The fourth-order valence-electron chi connectivity index (χ4n) is 3.87. The van der Waals surface area contributed by atoms with Gasteiger partial charge < -0.3 is 15.4 Å². The Labute approximate surface area is 191 Å². The van der Waals surface area contributed by atoms with Crippen LogP contribution in [-0.2, 0) is 17.6 Å². The van der Waals surface area contributed by atoms with Crippen LogP contribution in [0.4, 0.5) is 4.79 Å². The third-order valence-corrected chi connectivity index (χ3v) is 5.35. The number of carbonyl (C=O) groups is 2. The van der Waals surface area contributed by atoms with E-state index in [0.717, 1.165) is 31.2 Å². The van der Waals surface area contributed by atoms with E-state index in [2.05, 4.69) is 54.0 Å². The fourth-order valence-corrected chi connectivity index (χ4v) is 3.87. The number of ether oxygens (including phenoxy) is 1. The molecule has 2 amide bonds. The first-order chi connectivity index (χ1) is 15.3. The van der Waals surface area contributed by atoms with Crippen LogP contribution in [0.3, 0.4) is 0 Å². The third-order valence-electron chi connectivity index (χ3n) is 5.35. The van der Waals surface area contributed by atoms with Crippen LogP contribution >= 0.6 is 0 Å². The Morgan fingerprint density at radius 3 is 2.38 bits per heavy atom. The van der Waals surface area contributed by atoms with Crippen LogP contribution in [-0.4, -0.2) is 30.7 Å². The number of alkyl carbamates (subject to hydrolysis) is 1. The summed E-state index contributed by atoms with van der Waals surface area (Å²) in [6.45, 7) is 8.25. The first-order valence-electron chi connectivity index (χ1n) is 11.5. The minimum atomic E-state index is -0.545. The molecule has 0 spiro atoms. The molecule has 2 aromatic carbocycles. The van der Waals surface area contributed by atoms with Crippen molar-refractivity contribution in [1.29, 1.82) is 0 Å². The van der Waals surface area contributed by atoms with Crippen molar-refractivity contribution in [3.63, 3.8) is 0 Å². The summed E-state index contributed by atoms with van der Waals surface area (Å²) in [6, 6.07) is 14.5. The fraction of sp³-hybridized carbons (Fsp3) is 0.407. The van der Waals surface area contributed by atoms with Gasteiger partial charge in [-0.15, -0.1) is 0 Å². The Hall–Kier alpha value is -3.08. The van der Waals surface area contributed by atoms with E-state index in [1.807, 2.05) is 32.9 Å². The van der Waals surface area contributed by atoms with Crippen molar-refractivity contribution >= 4 is 17.6 Å². The van der Waals surface area contributed by atoms with Gasteiger partial charge in [0.1, 0.15) is 5.60 Å². The van der Waals surface area contributed by atoms with Crippen molar-refractivity contribution in [3.05, 3.63) is 76.4 Å². The lowest BCUT2D eigenvalue weighted by Crippen LogP contribution is -2.37. The van der Waals surface area contributed by atoms with Crippen LogP contribution in [0.1, 0.15) is 73.1 Å². The maximum Gasteiger partial charge on any atom is 0.407 e. The van der Waals surface area contributed by atoms with E-state index in [4.69, 9.17) is 4.74 Å². The largest absolute Gasteiger partial charge is 0.444 e. The average molecular weight is 435 g/mol. The molecular formula is C27H34N2O3. The Morgan fingerprint density at radius 2 is 1.66 bits per heavy atom. The number of benzene rings is 2. The molecule has 5 heteroatoms. The van der Waals surface area contributed by atoms with Crippen LogP contribution in [0.2, 0.25) is 0 Å². The average Bonchev–Trinajstić information content (AvgIpc) is 2.90. The highest BCUT2D eigenvalue weighted by Gasteiger charge is 2.20. The molecule has 170 valence electrons. The Morgan fingerprint density at radius 1 is 0.969 bits per heavy atom. The highest BCUT2D eigenvalue weighted by Crippen LogP contribution is 2.34. The number of hydrogen-bond acceptors (Lipinski definition) is 3. The molecule has 3 rings (SSSR count). The Bertz CT molecular complexity index is 1000. The molecule has 0 saturated heterocycles.